The molecule has 35 heavy (non-hydrogen) atoms. The van der Waals surface area contributed by atoms with Gasteiger partial charge < -0.3 is 0 Å². The Kier molecular flexibility index (Phi) is 5.11. The number of aromatic nitrogens is 6. The third kappa shape index (κ3) is 3.74. The molecule has 0 aliphatic rings. The van der Waals surface area contributed by atoms with Crippen molar-refractivity contribution in [1.82, 2.24) is 29.2 Å². The summed E-state index contributed by atoms with van der Waals surface area (Å²) in [6, 6.07) is 23.3. The van der Waals surface area contributed by atoms with Crippen molar-refractivity contribution in [3.8, 4) is 0 Å². The van der Waals surface area contributed by atoms with E-state index < -0.39 is 0 Å². The molecule has 4 heterocycles. The zero-order valence-corrected chi connectivity index (χ0v) is 19.0. The Morgan fingerprint density at radius 1 is 0.857 bits per heavy atom. The maximum atomic E-state index is 13.8. The largest absolute Gasteiger partial charge is 0.296 e. The smallest absolute Gasteiger partial charge is 0.265 e. The van der Waals surface area contributed by atoms with E-state index in [-0.39, 0.29) is 5.56 Å². The molecule has 6 rings (SSSR count). The Morgan fingerprint density at radius 3 is 2.37 bits per heavy atom. The first kappa shape index (κ1) is 20.9. The quantitative estimate of drug-likeness (QED) is 0.362. The number of hydrogen-bond acceptors (Lipinski definition) is 6. The van der Waals surface area contributed by atoms with Crippen LogP contribution < -0.4 is 5.56 Å². The number of pyridine rings is 1. The highest BCUT2D eigenvalue weighted by Gasteiger charge is 2.21. The van der Waals surface area contributed by atoms with Gasteiger partial charge in [0.25, 0.3) is 5.56 Å². The maximum Gasteiger partial charge on any atom is 0.265 e. The van der Waals surface area contributed by atoms with Crippen LogP contribution in [0.15, 0.2) is 88.9 Å². The van der Waals surface area contributed by atoms with Gasteiger partial charge in [0.2, 0.25) is 0 Å². The van der Waals surface area contributed by atoms with Crippen molar-refractivity contribution in [2.24, 2.45) is 5.10 Å². The topological polar surface area (TPSA) is 90.8 Å². The van der Waals surface area contributed by atoms with Crippen LogP contribution in [0.2, 0.25) is 0 Å². The lowest BCUT2D eigenvalue weighted by molar-refractivity contribution is 0.636. The van der Waals surface area contributed by atoms with Crippen LogP contribution in [-0.4, -0.2) is 35.4 Å². The number of aryl methyl sites for hydroxylation is 2. The van der Waals surface area contributed by atoms with Gasteiger partial charge in [-0.2, -0.15) is 9.78 Å². The highest BCUT2D eigenvalue weighted by atomic mass is 16.1. The number of hydrogen-bond donors (Lipinski definition) is 0. The standard InChI is InChI=1S/C27H21N7O/c1-18-30-25-23(27(35)33(18)16-14-19-9-3-2-4-10-19)24-26(32-22-13-6-5-12-21(22)31-24)34(25)29-17-20-11-7-8-15-28-20/h2-13,15,17H,14,16H2,1H3. The summed E-state index contributed by atoms with van der Waals surface area (Å²) >= 11 is 0. The Hall–Kier alpha value is -4.72. The number of para-hydroxylation sites is 2. The molecule has 2 aromatic carbocycles. The molecule has 0 aliphatic carbocycles. The number of fused-ring (bicyclic) bond motifs is 4. The van der Waals surface area contributed by atoms with Gasteiger partial charge in [0.1, 0.15) is 16.7 Å². The van der Waals surface area contributed by atoms with E-state index in [1.165, 1.54) is 0 Å². The van der Waals surface area contributed by atoms with E-state index in [1.54, 1.807) is 21.7 Å². The van der Waals surface area contributed by atoms with Crippen molar-refractivity contribution < 1.29 is 0 Å². The van der Waals surface area contributed by atoms with Gasteiger partial charge in [0.05, 0.1) is 22.9 Å². The molecule has 4 aromatic heterocycles. The van der Waals surface area contributed by atoms with Crippen LogP contribution in [0.3, 0.4) is 0 Å². The lowest BCUT2D eigenvalue weighted by Gasteiger charge is -2.10. The predicted molar refractivity (Wildman–Crippen MR) is 137 cm³/mol. The molecule has 0 unspecified atom stereocenters. The molecule has 0 saturated heterocycles. The molecule has 170 valence electrons. The van der Waals surface area contributed by atoms with E-state index in [0.29, 0.717) is 45.8 Å². The first-order chi connectivity index (χ1) is 17.2. The molecular weight excluding hydrogens is 438 g/mol. The van der Waals surface area contributed by atoms with Crippen LogP contribution in [0.1, 0.15) is 17.1 Å². The van der Waals surface area contributed by atoms with E-state index in [2.05, 4.69) is 22.2 Å². The first-order valence-corrected chi connectivity index (χ1v) is 11.4. The average Bonchev–Trinajstić information content (AvgIpc) is 3.19. The summed E-state index contributed by atoms with van der Waals surface area (Å²) in [6.07, 6.45) is 4.06. The van der Waals surface area contributed by atoms with Gasteiger partial charge in [-0.1, -0.05) is 48.5 Å². The molecule has 0 fully saturated rings. The molecule has 0 amide bonds. The second-order valence-corrected chi connectivity index (χ2v) is 8.25. The minimum atomic E-state index is -0.148. The van der Waals surface area contributed by atoms with Crippen LogP contribution in [0.5, 0.6) is 0 Å². The van der Waals surface area contributed by atoms with Gasteiger partial charge in [0.15, 0.2) is 11.3 Å². The van der Waals surface area contributed by atoms with E-state index in [0.717, 1.165) is 17.5 Å². The zero-order valence-electron chi connectivity index (χ0n) is 19.0. The summed E-state index contributed by atoms with van der Waals surface area (Å²) in [7, 11) is 0. The van der Waals surface area contributed by atoms with Gasteiger partial charge >= 0.3 is 0 Å². The van der Waals surface area contributed by atoms with Crippen molar-refractivity contribution in [2.45, 2.75) is 19.9 Å². The Morgan fingerprint density at radius 2 is 1.60 bits per heavy atom. The van der Waals surface area contributed by atoms with Crippen LogP contribution in [0.25, 0.3) is 33.2 Å². The fraction of sp³-hybridized carbons (Fsp3) is 0.111. The van der Waals surface area contributed by atoms with Crippen LogP contribution in [0.4, 0.5) is 0 Å². The average molecular weight is 460 g/mol. The summed E-state index contributed by atoms with van der Waals surface area (Å²) in [5, 5.41) is 5.03. The van der Waals surface area contributed by atoms with Gasteiger partial charge in [-0.3, -0.25) is 14.3 Å². The SMILES string of the molecule is Cc1nc2c(c(=O)n1CCc1ccccc1)c1nc3ccccc3nc1n2N=Cc1ccccn1. The van der Waals surface area contributed by atoms with Crippen LogP contribution in [-0.2, 0) is 13.0 Å². The lowest BCUT2D eigenvalue weighted by Crippen LogP contribution is -2.25. The minimum absolute atomic E-state index is 0.148. The molecule has 0 radical (unpaired) electrons. The number of nitrogens with zero attached hydrogens (tertiary/aromatic N) is 7. The number of benzene rings is 2. The third-order valence-corrected chi connectivity index (χ3v) is 5.99. The second-order valence-electron chi connectivity index (χ2n) is 8.25. The summed E-state index contributed by atoms with van der Waals surface area (Å²) < 4.78 is 3.30. The Balaban J connectivity index is 1.58. The molecule has 0 bridgehead atoms. The van der Waals surface area contributed by atoms with E-state index in [9.17, 15) is 4.79 Å². The van der Waals surface area contributed by atoms with Crippen molar-refractivity contribution in [3.63, 3.8) is 0 Å². The van der Waals surface area contributed by atoms with Gasteiger partial charge in [-0.25, -0.2) is 15.0 Å². The fourth-order valence-electron chi connectivity index (χ4n) is 4.24. The summed E-state index contributed by atoms with van der Waals surface area (Å²) in [5.41, 5.74) is 4.53. The van der Waals surface area contributed by atoms with Crippen molar-refractivity contribution in [2.75, 3.05) is 0 Å². The third-order valence-electron chi connectivity index (χ3n) is 5.99. The van der Waals surface area contributed by atoms with E-state index in [4.69, 9.17) is 15.0 Å². The van der Waals surface area contributed by atoms with Crippen LogP contribution in [0, 0.1) is 6.92 Å². The lowest BCUT2D eigenvalue weighted by atomic mass is 10.1. The monoisotopic (exact) mass is 459 g/mol. The molecule has 0 aliphatic heterocycles. The highest BCUT2D eigenvalue weighted by Crippen LogP contribution is 2.25. The fourth-order valence-corrected chi connectivity index (χ4v) is 4.24. The second kappa shape index (κ2) is 8.57. The molecule has 0 saturated carbocycles. The van der Waals surface area contributed by atoms with Crippen molar-refractivity contribution in [1.29, 1.82) is 0 Å². The molecule has 0 atom stereocenters. The molecule has 6 aromatic rings. The first-order valence-electron chi connectivity index (χ1n) is 11.4. The molecular formula is C27H21N7O. The Bertz CT molecular complexity index is 1770. The maximum absolute atomic E-state index is 13.8. The Labute approximate surface area is 200 Å². The normalized spacial score (nSPS) is 11.8. The van der Waals surface area contributed by atoms with Gasteiger partial charge in [0, 0.05) is 12.7 Å². The van der Waals surface area contributed by atoms with Crippen molar-refractivity contribution in [3.05, 3.63) is 106 Å². The van der Waals surface area contributed by atoms with Crippen LogP contribution >= 0.6 is 0 Å². The van der Waals surface area contributed by atoms with Gasteiger partial charge in [-0.05, 0) is 43.2 Å². The molecule has 8 heteroatoms. The van der Waals surface area contributed by atoms with Gasteiger partial charge in [-0.15, -0.1) is 0 Å². The highest BCUT2D eigenvalue weighted by molar-refractivity contribution is 6.04. The molecule has 8 nitrogen and oxygen atoms in total. The van der Waals surface area contributed by atoms with Crippen molar-refractivity contribution >= 4 is 39.4 Å². The minimum Gasteiger partial charge on any atom is -0.296 e. The summed E-state index contributed by atoms with van der Waals surface area (Å²) in [6.45, 7) is 2.36. The summed E-state index contributed by atoms with van der Waals surface area (Å²) in [4.78, 5) is 32.5. The molecule has 0 N–H and O–H groups in total. The molecule has 0 spiro atoms. The summed E-state index contributed by atoms with van der Waals surface area (Å²) in [5.74, 6) is 0.611. The zero-order chi connectivity index (χ0) is 23.8. The van der Waals surface area contributed by atoms with E-state index in [1.807, 2.05) is 67.6 Å². The number of rotatable bonds is 5. The predicted octanol–water partition coefficient (Wildman–Crippen LogP) is 4.12. The van der Waals surface area contributed by atoms with E-state index >= 15 is 0 Å².